The monoisotopic (exact) mass is 276 g/mol. The van der Waals surface area contributed by atoms with Crippen LogP contribution in [0, 0.1) is 0 Å². The number of ether oxygens (including phenoxy) is 1. The summed E-state index contributed by atoms with van der Waals surface area (Å²) >= 11 is 0. The number of benzene rings is 1. The Morgan fingerprint density at radius 3 is 2.50 bits per heavy atom. The predicted molar refractivity (Wildman–Crippen MR) is 84.5 cm³/mol. The highest BCUT2D eigenvalue weighted by molar-refractivity contribution is 5.43. The third-order valence-corrected chi connectivity index (χ3v) is 4.63. The maximum Gasteiger partial charge on any atom is 0.122 e. The van der Waals surface area contributed by atoms with Crippen molar-refractivity contribution >= 4 is 0 Å². The summed E-state index contributed by atoms with van der Waals surface area (Å²) in [7, 11) is 5.99. The maximum absolute atomic E-state index is 6.13. The first-order valence-electron chi connectivity index (χ1n) is 7.63. The summed E-state index contributed by atoms with van der Waals surface area (Å²) < 4.78 is 5.60. The van der Waals surface area contributed by atoms with Crippen LogP contribution >= 0.6 is 0 Å². The lowest BCUT2D eigenvalue weighted by atomic mass is 9.77. The molecule has 0 spiro atoms. The Kier molecular flexibility index (Phi) is 5.06. The van der Waals surface area contributed by atoms with E-state index < -0.39 is 0 Å². The molecule has 3 heteroatoms. The average Bonchev–Trinajstić information content (AvgIpc) is 2.94. The van der Waals surface area contributed by atoms with E-state index in [4.69, 9.17) is 10.5 Å². The van der Waals surface area contributed by atoms with Crippen molar-refractivity contribution in [1.29, 1.82) is 0 Å². The Bertz CT molecular complexity index is 437. The molecule has 2 N–H and O–H groups in total. The lowest BCUT2D eigenvalue weighted by molar-refractivity contribution is 0.376. The number of rotatable bonds is 6. The van der Waals surface area contributed by atoms with Crippen LogP contribution in [0.25, 0.3) is 0 Å². The van der Waals surface area contributed by atoms with E-state index in [1.54, 1.807) is 7.11 Å². The zero-order chi connectivity index (χ0) is 14.6. The van der Waals surface area contributed by atoms with Gasteiger partial charge in [0.05, 0.1) is 7.11 Å². The second-order valence-electron chi connectivity index (χ2n) is 6.28. The van der Waals surface area contributed by atoms with E-state index in [9.17, 15) is 0 Å². The molecule has 1 saturated carbocycles. The number of likely N-dealkylation sites (N-methyl/N-ethyl adjacent to an activating group) is 1. The first-order chi connectivity index (χ1) is 9.61. The number of nitrogens with two attached hydrogens (primary N) is 1. The molecular formula is C17H28N2O. The fraction of sp³-hybridized carbons (Fsp3) is 0.647. The van der Waals surface area contributed by atoms with Gasteiger partial charge in [-0.15, -0.1) is 0 Å². The Labute approximate surface area is 123 Å². The van der Waals surface area contributed by atoms with Crippen molar-refractivity contribution in [3.8, 4) is 5.75 Å². The van der Waals surface area contributed by atoms with Gasteiger partial charge in [0.2, 0.25) is 0 Å². The largest absolute Gasteiger partial charge is 0.496 e. The molecule has 1 aromatic carbocycles. The van der Waals surface area contributed by atoms with E-state index in [-0.39, 0.29) is 5.41 Å². The van der Waals surface area contributed by atoms with Gasteiger partial charge in [0.15, 0.2) is 0 Å². The van der Waals surface area contributed by atoms with Gasteiger partial charge in [-0.05, 0) is 45.0 Å². The highest BCUT2D eigenvalue weighted by Crippen LogP contribution is 2.44. The number of nitrogens with zero attached hydrogens (tertiary/aromatic N) is 1. The molecule has 0 amide bonds. The van der Waals surface area contributed by atoms with Crippen LogP contribution in [0.3, 0.4) is 0 Å². The zero-order valence-corrected chi connectivity index (χ0v) is 13.1. The van der Waals surface area contributed by atoms with E-state index in [0.29, 0.717) is 0 Å². The minimum Gasteiger partial charge on any atom is -0.496 e. The summed E-state index contributed by atoms with van der Waals surface area (Å²) in [4.78, 5) is 2.22. The molecule has 1 aliphatic rings. The average molecular weight is 276 g/mol. The maximum atomic E-state index is 6.13. The van der Waals surface area contributed by atoms with Crippen molar-refractivity contribution in [3.63, 3.8) is 0 Å². The molecule has 20 heavy (non-hydrogen) atoms. The van der Waals surface area contributed by atoms with E-state index in [2.05, 4.69) is 37.2 Å². The van der Waals surface area contributed by atoms with Crippen molar-refractivity contribution in [3.05, 3.63) is 29.3 Å². The molecule has 1 aliphatic carbocycles. The van der Waals surface area contributed by atoms with Crippen LogP contribution in [-0.2, 0) is 11.8 Å². The van der Waals surface area contributed by atoms with Crippen LogP contribution in [0.1, 0.15) is 36.8 Å². The lowest BCUT2D eigenvalue weighted by Crippen LogP contribution is -2.32. The highest BCUT2D eigenvalue weighted by atomic mass is 16.5. The third kappa shape index (κ3) is 3.15. The molecule has 0 bridgehead atoms. The second-order valence-corrected chi connectivity index (χ2v) is 6.28. The first-order valence-corrected chi connectivity index (χ1v) is 7.63. The zero-order valence-electron chi connectivity index (χ0n) is 13.1. The van der Waals surface area contributed by atoms with E-state index in [1.165, 1.54) is 36.8 Å². The summed E-state index contributed by atoms with van der Waals surface area (Å²) in [6.07, 6.45) is 6.02. The van der Waals surface area contributed by atoms with E-state index >= 15 is 0 Å². The minimum absolute atomic E-state index is 0.138. The molecule has 0 atom stereocenters. The van der Waals surface area contributed by atoms with Crippen LogP contribution in [-0.4, -0.2) is 39.2 Å². The number of hydrogen-bond acceptors (Lipinski definition) is 3. The molecule has 3 nitrogen and oxygen atoms in total. The smallest absolute Gasteiger partial charge is 0.122 e. The van der Waals surface area contributed by atoms with Crippen LogP contribution in [0.2, 0.25) is 0 Å². The van der Waals surface area contributed by atoms with E-state index in [1.807, 2.05) is 0 Å². The summed E-state index contributed by atoms with van der Waals surface area (Å²) in [5, 5.41) is 0. The van der Waals surface area contributed by atoms with Gasteiger partial charge in [0.25, 0.3) is 0 Å². The van der Waals surface area contributed by atoms with Crippen molar-refractivity contribution in [2.24, 2.45) is 5.73 Å². The standard InChI is InChI=1S/C17H28N2O/c1-19(2)11-8-14-6-7-16(20-3)15(12-14)17(13-18)9-4-5-10-17/h6-7,12H,4-5,8-11,13,18H2,1-3H3. The predicted octanol–water partition coefficient (Wildman–Crippen LogP) is 2.57. The van der Waals surface area contributed by atoms with Crippen LogP contribution in [0.5, 0.6) is 5.75 Å². The Morgan fingerprint density at radius 2 is 1.95 bits per heavy atom. The Balaban J connectivity index is 2.31. The van der Waals surface area contributed by atoms with Crippen LogP contribution in [0.4, 0.5) is 0 Å². The molecule has 0 radical (unpaired) electrons. The van der Waals surface area contributed by atoms with Crippen molar-refractivity contribution in [1.82, 2.24) is 4.90 Å². The topological polar surface area (TPSA) is 38.5 Å². The van der Waals surface area contributed by atoms with Gasteiger partial charge in [-0.1, -0.05) is 25.0 Å². The molecule has 1 aromatic rings. The number of hydrogen-bond donors (Lipinski definition) is 1. The highest BCUT2D eigenvalue weighted by Gasteiger charge is 2.36. The van der Waals surface area contributed by atoms with Gasteiger partial charge >= 0.3 is 0 Å². The summed E-state index contributed by atoms with van der Waals surface area (Å²) in [6.45, 7) is 1.79. The molecule has 2 rings (SSSR count). The van der Waals surface area contributed by atoms with Gasteiger partial charge in [-0.3, -0.25) is 0 Å². The lowest BCUT2D eigenvalue weighted by Gasteiger charge is -2.30. The van der Waals surface area contributed by atoms with Gasteiger partial charge < -0.3 is 15.4 Å². The molecule has 0 aromatic heterocycles. The van der Waals surface area contributed by atoms with Gasteiger partial charge in [-0.25, -0.2) is 0 Å². The molecule has 0 heterocycles. The van der Waals surface area contributed by atoms with Crippen LogP contribution in [0.15, 0.2) is 18.2 Å². The first kappa shape index (κ1) is 15.3. The summed E-state index contributed by atoms with van der Waals surface area (Å²) in [5.41, 5.74) is 8.98. The van der Waals surface area contributed by atoms with Crippen LogP contribution < -0.4 is 10.5 Å². The molecular weight excluding hydrogens is 248 g/mol. The molecule has 112 valence electrons. The molecule has 0 saturated heterocycles. The third-order valence-electron chi connectivity index (χ3n) is 4.63. The molecule has 0 aliphatic heterocycles. The summed E-state index contributed by atoms with van der Waals surface area (Å²) in [6, 6.07) is 6.64. The molecule has 0 unspecified atom stereocenters. The molecule has 1 fully saturated rings. The van der Waals surface area contributed by atoms with E-state index in [0.717, 1.165) is 25.3 Å². The normalized spacial score (nSPS) is 17.6. The van der Waals surface area contributed by atoms with Crippen molar-refractivity contribution < 1.29 is 4.74 Å². The second kappa shape index (κ2) is 6.59. The van der Waals surface area contributed by atoms with Crippen molar-refractivity contribution in [2.75, 3.05) is 34.3 Å². The minimum atomic E-state index is 0.138. The Hall–Kier alpha value is -1.06. The van der Waals surface area contributed by atoms with Gasteiger partial charge in [0.1, 0.15) is 5.75 Å². The summed E-state index contributed by atoms with van der Waals surface area (Å²) in [5.74, 6) is 1.01. The fourth-order valence-corrected chi connectivity index (χ4v) is 3.31. The number of methoxy groups -OCH3 is 1. The fourth-order valence-electron chi connectivity index (χ4n) is 3.31. The van der Waals surface area contributed by atoms with Gasteiger partial charge in [0, 0.05) is 24.1 Å². The SMILES string of the molecule is COc1ccc(CCN(C)C)cc1C1(CN)CCCC1. The van der Waals surface area contributed by atoms with Crippen molar-refractivity contribution in [2.45, 2.75) is 37.5 Å². The Morgan fingerprint density at radius 1 is 1.25 bits per heavy atom. The quantitative estimate of drug-likeness (QED) is 0.868. The van der Waals surface area contributed by atoms with Gasteiger partial charge in [-0.2, -0.15) is 0 Å².